The molecule has 0 spiro atoms. The van der Waals surface area contributed by atoms with E-state index >= 15 is 0 Å². The van der Waals surface area contributed by atoms with Crippen molar-refractivity contribution < 1.29 is 18.7 Å². The van der Waals surface area contributed by atoms with Crippen LogP contribution in [0.3, 0.4) is 0 Å². The molecule has 1 heterocycles. The Hall–Kier alpha value is -1.95. The quantitative estimate of drug-likeness (QED) is 0.820. The Morgan fingerprint density at radius 2 is 2.12 bits per heavy atom. The Morgan fingerprint density at radius 3 is 2.76 bits per heavy atom. The van der Waals surface area contributed by atoms with Crippen LogP contribution < -0.4 is 0 Å². The highest BCUT2D eigenvalue weighted by atomic mass is 19.1. The Morgan fingerprint density at radius 1 is 1.32 bits per heavy atom. The van der Waals surface area contributed by atoms with Gasteiger partial charge in [0.05, 0.1) is 19.3 Å². The second-order valence-corrected chi connectivity index (χ2v) is 7.06. The molecule has 1 aromatic carbocycles. The van der Waals surface area contributed by atoms with Crippen LogP contribution in [0.15, 0.2) is 24.3 Å². The molecule has 2 amide bonds. The summed E-state index contributed by atoms with van der Waals surface area (Å²) in [4.78, 5) is 27.7. The summed E-state index contributed by atoms with van der Waals surface area (Å²) >= 11 is 0. The van der Waals surface area contributed by atoms with E-state index in [0.29, 0.717) is 19.0 Å². The topological polar surface area (TPSA) is 49.9 Å². The van der Waals surface area contributed by atoms with Crippen molar-refractivity contribution in [3.05, 3.63) is 35.6 Å². The van der Waals surface area contributed by atoms with Gasteiger partial charge in [0, 0.05) is 26.6 Å². The van der Waals surface area contributed by atoms with Crippen LogP contribution in [-0.4, -0.2) is 53.9 Å². The zero-order valence-corrected chi connectivity index (χ0v) is 14.6. The first-order valence-corrected chi connectivity index (χ1v) is 8.90. The smallest absolute Gasteiger partial charge is 0.242 e. The number of benzene rings is 1. The Kier molecular flexibility index (Phi) is 5.68. The van der Waals surface area contributed by atoms with Gasteiger partial charge in [-0.2, -0.15) is 0 Å². The first-order chi connectivity index (χ1) is 12.0. The zero-order chi connectivity index (χ0) is 17.8. The van der Waals surface area contributed by atoms with Gasteiger partial charge in [-0.25, -0.2) is 4.39 Å². The predicted octanol–water partition coefficient (Wildman–Crippen LogP) is 2.20. The van der Waals surface area contributed by atoms with Crippen LogP contribution in [0, 0.1) is 11.7 Å². The van der Waals surface area contributed by atoms with Crippen molar-refractivity contribution in [1.82, 2.24) is 9.80 Å². The highest BCUT2D eigenvalue weighted by Gasteiger charge is 2.32. The number of hydrogen-bond acceptors (Lipinski definition) is 3. The number of rotatable bonds is 5. The van der Waals surface area contributed by atoms with Crippen LogP contribution in [0.2, 0.25) is 0 Å². The fraction of sp³-hybridized carbons (Fsp3) is 0.579. The SMILES string of the molecule is CC(=O)N1CC(=O)N(CC2CCC2)CC(OCc2cccc(F)c2)C1. The Balaban J connectivity index is 1.65. The summed E-state index contributed by atoms with van der Waals surface area (Å²) in [5.41, 5.74) is 0.746. The van der Waals surface area contributed by atoms with E-state index in [0.717, 1.165) is 24.9 Å². The molecular formula is C19H25FN2O3. The third-order valence-corrected chi connectivity index (χ3v) is 5.05. The third kappa shape index (κ3) is 4.78. The first-order valence-electron chi connectivity index (χ1n) is 8.90. The van der Waals surface area contributed by atoms with E-state index in [1.165, 1.54) is 25.5 Å². The van der Waals surface area contributed by atoms with Crippen molar-refractivity contribution in [3.63, 3.8) is 0 Å². The van der Waals surface area contributed by atoms with Gasteiger partial charge in [0.25, 0.3) is 0 Å². The van der Waals surface area contributed by atoms with Gasteiger partial charge in [-0.15, -0.1) is 0 Å². The van der Waals surface area contributed by atoms with Gasteiger partial charge in [0.15, 0.2) is 0 Å². The van der Waals surface area contributed by atoms with Crippen molar-refractivity contribution in [2.24, 2.45) is 5.92 Å². The van der Waals surface area contributed by atoms with E-state index in [2.05, 4.69) is 0 Å². The van der Waals surface area contributed by atoms with Gasteiger partial charge < -0.3 is 14.5 Å². The largest absolute Gasteiger partial charge is 0.370 e. The molecule has 1 aliphatic heterocycles. The fourth-order valence-corrected chi connectivity index (χ4v) is 3.33. The molecule has 1 saturated heterocycles. The lowest BCUT2D eigenvalue weighted by molar-refractivity contribution is -0.138. The van der Waals surface area contributed by atoms with Crippen molar-refractivity contribution in [2.75, 3.05) is 26.2 Å². The minimum absolute atomic E-state index is 0.0149. The minimum Gasteiger partial charge on any atom is -0.370 e. The summed E-state index contributed by atoms with van der Waals surface area (Å²) in [6.07, 6.45) is 3.29. The van der Waals surface area contributed by atoms with Crippen LogP contribution in [0.5, 0.6) is 0 Å². The average Bonchev–Trinajstić information content (AvgIpc) is 2.68. The number of nitrogens with zero attached hydrogens (tertiary/aromatic N) is 2. The van der Waals surface area contributed by atoms with Gasteiger partial charge in [-0.05, 0) is 36.5 Å². The lowest BCUT2D eigenvalue weighted by atomic mass is 9.85. The monoisotopic (exact) mass is 348 g/mol. The maximum atomic E-state index is 13.3. The molecule has 136 valence electrons. The second-order valence-electron chi connectivity index (χ2n) is 7.06. The third-order valence-electron chi connectivity index (χ3n) is 5.05. The van der Waals surface area contributed by atoms with Crippen molar-refractivity contribution in [2.45, 2.75) is 38.9 Å². The summed E-state index contributed by atoms with van der Waals surface area (Å²) < 4.78 is 19.2. The maximum Gasteiger partial charge on any atom is 0.242 e. The number of carbonyl (C=O) groups is 2. The van der Waals surface area contributed by atoms with Crippen molar-refractivity contribution >= 4 is 11.8 Å². The van der Waals surface area contributed by atoms with E-state index in [9.17, 15) is 14.0 Å². The van der Waals surface area contributed by atoms with Crippen LogP contribution >= 0.6 is 0 Å². The molecule has 2 fully saturated rings. The predicted molar refractivity (Wildman–Crippen MR) is 91.2 cm³/mol. The normalized spacial score (nSPS) is 21.8. The minimum atomic E-state index is -0.297. The van der Waals surface area contributed by atoms with Crippen LogP contribution in [0.4, 0.5) is 4.39 Å². The molecular weight excluding hydrogens is 323 g/mol. The molecule has 25 heavy (non-hydrogen) atoms. The number of halogens is 1. The van der Waals surface area contributed by atoms with Crippen LogP contribution in [0.25, 0.3) is 0 Å². The van der Waals surface area contributed by atoms with Gasteiger partial charge in [0.1, 0.15) is 5.82 Å². The van der Waals surface area contributed by atoms with E-state index in [4.69, 9.17) is 4.74 Å². The van der Waals surface area contributed by atoms with Crippen LogP contribution in [-0.2, 0) is 20.9 Å². The van der Waals surface area contributed by atoms with Crippen LogP contribution in [0.1, 0.15) is 31.7 Å². The summed E-state index contributed by atoms with van der Waals surface area (Å²) in [5, 5.41) is 0. The van der Waals surface area contributed by atoms with E-state index < -0.39 is 0 Å². The van der Waals surface area contributed by atoms with Crippen molar-refractivity contribution in [1.29, 1.82) is 0 Å². The number of hydrogen-bond donors (Lipinski definition) is 0. The maximum absolute atomic E-state index is 13.3. The summed E-state index contributed by atoms with van der Waals surface area (Å²) in [5.74, 6) is 0.128. The summed E-state index contributed by atoms with van der Waals surface area (Å²) in [6.45, 7) is 3.45. The van der Waals surface area contributed by atoms with Gasteiger partial charge in [-0.1, -0.05) is 18.6 Å². The van der Waals surface area contributed by atoms with E-state index in [1.54, 1.807) is 17.0 Å². The molecule has 5 nitrogen and oxygen atoms in total. The molecule has 1 atom stereocenters. The lowest BCUT2D eigenvalue weighted by Crippen LogP contribution is -2.42. The molecule has 1 aromatic rings. The highest BCUT2D eigenvalue weighted by molar-refractivity contribution is 5.84. The number of carbonyl (C=O) groups excluding carboxylic acids is 2. The average molecular weight is 348 g/mol. The molecule has 6 heteroatoms. The summed E-state index contributed by atoms with van der Waals surface area (Å²) in [7, 11) is 0. The fourth-order valence-electron chi connectivity index (χ4n) is 3.33. The van der Waals surface area contributed by atoms with E-state index in [-0.39, 0.29) is 36.9 Å². The Bertz CT molecular complexity index is 633. The number of ether oxygens (including phenoxy) is 1. The summed E-state index contributed by atoms with van der Waals surface area (Å²) in [6, 6.07) is 6.29. The Labute approximate surface area is 147 Å². The zero-order valence-electron chi connectivity index (χ0n) is 14.6. The standard InChI is InChI=1S/C19H25FN2O3/c1-14(23)21-10-18(25-13-16-6-3-7-17(20)8-16)11-22(19(24)12-21)9-15-4-2-5-15/h3,6-8,15,18H,2,4-5,9-13H2,1H3. The second kappa shape index (κ2) is 7.95. The highest BCUT2D eigenvalue weighted by Crippen LogP contribution is 2.27. The van der Waals surface area contributed by atoms with Gasteiger partial charge >= 0.3 is 0 Å². The van der Waals surface area contributed by atoms with Crippen molar-refractivity contribution in [3.8, 4) is 0 Å². The molecule has 1 aliphatic carbocycles. The lowest BCUT2D eigenvalue weighted by Gasteiger charge is -2.32. The number of amides is 2. The molecule has 1 unspecified atom stereocenters. The molecule has 0 bridgehead atoms. The molecule has 1 saturated carbocycles. The first kappa shape index (κ1) is 17.9. The van der Waals surface area contributed by atoms with Gasteiger partial charge in [0.2, 0.25) is 11.8 Å². The molecule has 0 radical (unpaired) electrons. The van der Waals surface area contributed by atoms with E-state index in [1.807, 2.05) is 4.90 Å². The molecule has 0 aromatic heterocycles. The molecule has 2 aliphatic rings. The van der Waals surface area contributed by atoms with Gasteiger partial charge in [-0.3, -0.25) is 9.59 Å². The molecule has 3 rings (SSSR count). The molecule has 0 N–H and O–H groups in total.